The van der Waals surface area contributed by atoms with Crippen LogP contribution in [0.4, 0.5) is 5.69 Å². The molecule has 0 aliphatic carbocycles. The molecule has 0 aromatic heterocycles. The molecule has 1 aliphatic heterocycles. The predicted molar refractivity (Wildman–Crippen MR) is 79.1 cm³/mol. The minimum atomic E-state index is 0.677. The molecule has 2 rings (SSSR count). The molecule has 1 saturated heterocycles. The first-order chi connectivity index (χ1) is 8.61. The second-order valence-corrected chi connectivity index (χ2v) is 5.83. The molecule has 1 aromatic carbocycles. The van der Waals surface area contributed by atoms with Gasteiger partial charge in [0.15, 0.2) is 0 Å². The summed E-state index contributed by atoms with van der Waals surface area (Å²) in [6.45, 7) is 9.09. The SMILES string of the molecule is CNCc1ccc(N2CC(C)CCC2C)cc1C. The number of piperidine rings is 1. The molecule has 1 aromatic rings. The third-order valence-corrected chi connectivity index (χ3v) is 4.14. The van der Waals surface area contributed by atoms with Gasteiger partial charge in [-0.05, 0) is 62.9 Å². The van der Waals surface area contributed by atoms with E-state index in [1.165, 1.54) is 36.2 Å². The zero-order valence-corrected chi connectivity index (χ0v) is 12.2. The van der Waals surface area contributed by atoms with Crippen LogP contribution in [0.25, 0.3) is 0 Å². The molecular formula is C16H26N2. The maximum atomic E-state index is 3.23. The van der Waals surface area contributed by atoms with Crippen LogP contribution in [-0.2, 0) is 6.54 Å². The van der Waals surface area contributed by atoms with Gasteiger partial charge >= 0.3 is 0 Å². The van der Waals surface area contributed by atoms with Crippen molar-refractivity contribution in [3.63, 3.8) is 0 Å². The summed E-state index contributed by atoms with van der Waals surface area (Å²) in [4.78, 5) is 2.57. The lowest BCUT2D eigenvalue weighted by Crippen LogP contribution is -2.41. The van der Waals surface area contributed by atoms with E-state index in [1.807, 2.05) is 7.05 Å². The van der Waals surface area contributed by atoms with Crippen molar-refractivity contribution in [3.8, 4) is 0 Å². The number of aryl methyl sites for hydroxylation is 1. The van der Waals surface area contributed by atoms with Crippen LogP contribution in [0.5, 0.6) is 0 Å². The minimum Gasteiger partial charge on any atom is -0.369 e. The van der Waals surface area contributed by atoms with Crippen molar-refractivity contribution in [1.82, 2.24) is 5.32 Å². The van der Waals surface area contributed by atoms with E-state index in [1.54, 1.807) is 0 Å². The molecule has 0 bridgehead atoms. The van der Waals surface area contributed by atoms with Crippen LogP contribution in [0.3, 0.4) is 0 Å². The Kier molecular flexibility index (Phi) is 4.28. The summed E-state index contributed by atoms with van der Waals surface area (Å²) in [5.74, 6) is 0.818. The molecule has 100 valence electrons. The maximum absolute atomic E-state index is 3.23. The lowest BCUT2D eigenvalue weighted by atomic mass is 9.94. The van der Waals surface area contributed by atoms with Gasteiger partial charge in [0, 0.05) is 24.8 Å². The van der Waals surface area contributed by atoms with E-state index in [0.29, 0.717) is 6.04 Å². The van der Waals surface area contributed by atoms with Crippen molar-refractivity contribution in [2.24, 2.45) is 5.92 Å². The number of hydrogen-bond acceptors (Lipinski definition) is 2. The summed E-state index contributed by atoms with van der Waals surface area (Å²) in [5.41, 5.74) is 4.19. The summed E-state index contributed by atoms with van der Waals surface area (Å²) in [6, 6.07) is 7.58. The zero-order valence-electron chi connectivity index (χ0n) is 12.2. The molecule has 2 heteroatoms. The quantitative estimate of drug-likeness (QED) is 0.880. The molecule has 0 spiro atoms. The van der Waals surface area contributed by atoms with Crippen LogP contribution >= 0.6 is 0 Å². The Morgan fingerprint density at radius 2 is 2.06 bits per heavy atom. The van der Waals surface area contributed by atoms with Gasteiger partial charge in [-0.3, -0.25) is 0 Å². The van der Waals surface area contributed by atoms with Crippen LogP contribution in [0.1, 0.15) is 37.8 Å². The fourth-order valence-electron chi connectivity index (χ4n) is 2.90. The summed E-state index contributed by atoms with van der Waals surface area (Å²) in [5, 5.41) is 3.23. The van der Waals surface area contributed by atoms with Crippen LogP contribution < -0.4 is 10.2 Å². The highest BCUT2D eigenvalue weighted by atomic mass is 15.2. The maximum Gasteiger partial charge on any atom is 0.0371 e. The van der Waals surface area contributed by atoms with Gasteiger partial charge in [-0.25, -0.2) is 0 Å². The van der Waals surface area contributed by atoms with Crippen molar-refractivity contribution in [1.29, 1.82) is 0 Å². The number of rotatable bonds is 3. The molecule has 1 N–H and O–H groups in total. The second kappa shape index (κ2) is 5.75. The lowest BCUT2D eigenvalue weighted by molar-refractivity contribution is 0.390. The number of nitrogens with one attached hydrogen (secondary N) is 1. The van der Waals surface area contributed by atoms with Gasteiger partial charge in [0.25, 0.3) is 0 Å². The topological polar surface area (TPSA) is 15.3 Å². The Labute approximate surface area is 111 Å². The van der Waals surface area contributed by atoms with E-state index < -0.39 is 0 Å². The minimum absolute atomic E-state index is 0.677. The lowest BCUT2D eigenvalue weighted by Gasteiger charge is -2.39. The highest BCUT2D eigenvalue weighted by Crippen LogP contribution is 2.28. The fourth-order valence-corrected chi connectivity index (χ4v) is 2.90. The van der Waals surface area contributed by atoms with Crippen LogP contribution in [-0.4, -0.2) is 19.6 Å². The molecular weight excluding hydrogens is 220 g/mol. The molecule has 1 heterocycles. The van der Waals surface area contributed by atoms with Crippen molar-refractivity contribution in [2.45, 2.75) is 46.2 Å². The van der Waals surface area contributed by atoms with E-state index >= 15 is 0 Å². The van der Waals surface area contributed by atoms with E-state index in [0.717, 1.165) is 12.5 Å². The van der Waals surface area contributed by atoms with Gasteiger partial charge in [-0.2, -0.15) is 0 Å². The Morgan fingerprint density at radius 3 is 2.72 bits per heavy atom. The van der Waals surface area contributed by atoms with Crippen molar-refractivity contribution >= 4 is 5.69 Å². The number of benzene rings is 1. The summed E-state index contributed by atoms with van der Waals surface area (Å²) in [6.07, 6.45) is 2.69. The number of anilines is 1. The van der Waals surface area contributed by atoms with E-state index in [2.05, 4.69) is 49.2 Å². The van der Waals surface area contributed by atoms with Gasteiger partial charge in [-0.1, -0.05) is 13.0 Å². The standard InChI is InChI=1S/C16H26N2/c1-12-5-6-14(3)18(11-12)16-8-7-15(10-17-4)13(2)9-16/h7-9,12,14,17H,5-6,10-11H2,1-4H3. The summed E-state index contributed by atoms with van der Waals surface area (Å²) in [7, 11) is 2.00. The summed E-state index contributed by atoms with van der Waals surface area (Å²) < 4.78 is 0. The Hall–Kier alpha value is -1.02. The third-order valence-electron chi connectivity index (χ3n) is 4.14. The Bertz CT molecular complexity index is 400. The van der Waals surface area contributed by atoms with Gasteiger partial charge in [0.1, 0.15) is 0 Å². The van der Waals surface area contributed by atoms with Gasteiger partial charge in [0.05, 0.1) is 0 Å². The zero-order chi connectivity index (χ0) is 13.1. The normalized spacial score (nSPS) is 24.3. The molecule has 2 nitrogen and oxygen atoms in total. The number of nitrogens with zero attached hydrogens (tertiary/aromatic N) is 1. The third kappa shape index (κ3) is 2.86. The first-order valence-corrected chi connectivity index (χ1v) is 7.12. The van der Waals surface area contributed by atoms with Gasteiger partial charge in [0.2, 0.25) is 0 Å². The molecule has 0 amide bonds. The van der Waals surface area contributed by atoms with Gasteiger partial charge < -0.3 is 10.2 Å². The molecule has 18 heavy (non-hydrogen) atoms. The monoisotopic (exact) mass is 246 g/mol. The Morgan fingerprint density at radius 1 is 1.28 bits per heavy atom. The van der Waals surface area contributed by atoms with Crippen LogP contribution in [0, 0.1) is 12.8 Å². The van der Waals surface area contributed by atoms with Crippen molar-refractivity contribution in [3.05, 3.63) is 29.3 Å². The molecule has 0 radical (unpaired) electrons. The smallest absolute Gasteiger partial charge is 0.0371 e. The predicted octanol–water partition coefficient (Wildman–Crippen LogP) is 3.34. The highest BCUT2D eigenvalue weighted by Gasteiger charge is 2.23. The second-order valence-electron chi connectivity index (χ2n) is 5.83. The van der Waals surface area contributed by atoms with Crippen LogP contribution in [0.2, 0.25) is 0 Å². The average molecular weight is 246 g/mol. The van der Waals surface area contributed by atoms with Crippen LogP contribution in [0.15, 0.2) is 18.2 Å². The van der Waals surface area contributed by atoms with E-state index in [4.69, 9.17) is 0 Å². The molecule has 2 atom stereocenters. The van der Waals surface area contributed by atoms with Crippen molar-refractivity contribution < 1.29 is 0 Å². The molecule has 1 fully saturated rings. The fraction of sp³-hybridized carbons (Fsp3) is 0.625. The molecule has 0 saturated carbocycles. The van der Waals surface area contributed by atoms with E-state index in [9.17, 15) is 0 Å². The summed E-state index contributed by atoms with van der Waals surface area (Å²) >= 11 is 0. The first-order valence-electron chi connectivity index (χ1n) is 7.12. The number of hydrogen-bond donors (Lipinski definition) is 1. The molecule has 1 aliphatic rings. The largest absolute Gasteiger partial charge is 0.369 e. The average Bonchev–Trinajstić information content (AvgIpc) is 2.35. The first kappa shape index (κ1) is 13.4. The van der Waals surface area contributed by atoms with Gasteiger partial charge in [-0.15, -0.1) is 0 Å². The Balaban J connectivity index is 2.19. The highest BCUT2D eigenvalue weighted by molar-refractivity contribution is 5.52. The van der Waals surface area contributed by atoms with E-state index in [-0.39, 0.29) is 0 Å². The van der Waals surface area contributed by atoms with Crippen molar-refractivity contribution in [2.75, 3.05) is 18.5 Å². The molecule has 2 unspecified atom stereocenters.